The van der Waals surface area contributed by atoms with E-state index in [0.29, 0.717) is 19.2 Å². The molecule has 0 saturated carbocycles. The molecule has 2 aromatic carbocycles. The quantitative estimate of drug-likeness (QED) is 0.525. The number of nitrogens with zero attached hydrogens (tertiary/aromatic N) is 3. The molecule has 0 radical (unpaired) electrons. The number of nitrogens with one attached hydrogen (secondary N) is 1. The first-order valence-corrected chi connectivity index (χ1v) is 12.3. The predicted octanol–water partition coefficient (Wildman–Crippen LogP) is 3.21. The number of methoxy groups -OCH3 is 1. The minimum atomic E-state index is -4.25. The van der Waals surface area contributed by atoms with Crippen LogP contribution in [0.2, 0.25) is 0 Å². The van der Waals surface area contributed by atoms with Gasteiger partial charge in [-0.15, -0.1) is 0 Å². The number of rotatable bonds is 8. The number of hydrogen-bond donors (Lipinski definition) is 1. The van der Waals surface area contributed by atoms with Crippen LogP contribution < -0.4 is 14.4 Å². The van der Waals surface area contributed by atoms with Crippen LogP contribution in [0.25, 0.3) is 0 Å². The molecule has 7 nitrogen and oxygen atoms in total. The van der Waals surface area contributed by atoms with Gasteiger partial charge >= 0.3 is 0 Å². The average Bonchev–Trinajstić information content (AvgIpc) is 2.86. The van der Waals surface area contributed by atoms with Crippen LogP contribution in [0.3, 0.4) is 0 Å². The number of anilines is 1. The lowest BCUT2D eigenvalue weighted by molar-refractivity contribution is 0.186. The van der Waals surface area contributed by atoms with E-state index >= 15 is 0 Å². The maximum Gasteiger partial charge on any atom is 0.243 e. The van der Waals surface area contributed by atoms with Crippen molar-refractivity contribution in [2.75, 3.05) is 44.7 Å². The summed E-state index contributed by atoms with van der Waals surface area (Å²) in [5.41, 5.74) is 1.92. The van der Waals surface area contributed by atoms with Crippen molar-refractivity contribution in [3.05, 3.63) is 84.2 Å². The van der Waals surface area contributed by atoms with Crippen LogP contribution in [-0.2, 0) is 10.0 Å². The van der Waals surface area contributed by atoms with Crippen molar-refractivity contribution in [3.8, 4) is 5.75 Å². The van der Waals surface area contributed by atoms with Crippen LogP contribution in [0.4, 0.5) is 14.5 Å². The van der Waals surface area contributed by atoms with Crippen LogP contribution in [0.15, 0.2) is 71.9 Å². The summed E-state index contributed by atoms with van der Waals surface area (Å²) in [6.45, 7) is 2.85. The highest BCUT2D eigenvalue weighted by Gasteiger charge is 2.28. The third-order valence-corrected chi connectivity index (χ3v) is 7.35. The number of halogens is 2. The van der Waals surface area contributed by atoms with E-state index in [4.69, 9.17) is 4.74 Å². The number of aromatic nitrogens is 1. The summed E-state index contributed by atoms with van der Waals surface area (Å²) in [6, 6.07) is 13.6. The Hall–Kier alpha value is -3.08. The van der Waals surface area contributed by atoms with Crippen molar-refractivity contribution in [2.24, 2.45) is 0 Å². The SMILES string of the molecule is COc1ccc(N2CCN([C@H](CNS(=O)(=O)c3cc(F)ccc3F)c3cccnc3)CC2)cc1. The first-order chi connectivity index (χ1) is 16.4. The van der Waals surface area contributed by atoms with E-state index in [-0.39, 0.29) is 12.6 Å². The maximum atomic E-state index is 14.1. The first-order valence-electron chi connectivity index (χ1n) is 10.8. The average molecular weight is 489 g/mol. The van der Waals surface area contributed by atoms with Crippen molar-refractivity contribution in [1.29, 1.82) is 0 Å². The molecule has 1 aliphatic rings. The van der Waals surface area contributed by atoms with Crippen LogP contribution >= 0.6 is 0 Å². The fraction of sp³-hybridized carbons (Fsp3) is 0.292. The number of benzene rings is 2. The Morgan fingerprint density at radius 1 is 1.06 bits per heavy atom. The third kappa shape index (κ3) is 5.52. The molecule has 1 N–H and O–H groups in total. The number of ether oxygens (including phenoxy) is 1. The van der Waals surface area contributed by atoms with E-state index in [1.54, 1.807) is 25.6 Å². The summed E-state index contributed by atoms with van der Waals surface area (Å²) < 4.78 is 60.8. The largest absolute Gasteiger partial charge is 0.497 e. The molecule has 1 atom stereocenters. The van der Waals surface area contributed by atoms with Gasteiger partial charge in [-0.3, -0.25) is 9.88 Å². The van der Waals surface area contributed by atoms with Crippen LogP contribution in [0, 0.1) is 11.6 Å². The number of hydrogen-bond acceptors (Lipinski definition) is 6. The van der Waals surface area contributed by atoms with Crippen molar-refractivity contribution in [3.63, 3.8) is 0 Å². The molecule has 4 rings (SSSR count). The van der Waals surface area contributed by atoms with Crippen molar-refractivity contribution >= 4 is 15.7 Å². The van der Waals surface area contributed by atoms with Gasteiger partial charge in [-0.05, 0) is 54.1 Å². The molecule has 1 aromatic heterocycles. The first kappa shape index (κ1) is 24.1. The second-order valence-electron chi connectivity index (χ2n) is 7.95. The number of pyridine rings is 1. The Labute approximate surface area is 198 Å². The molecule has 0 spiro atoms. The van der Waals surface area contributed by atoms with Gasteiger partial charge in [0.25, 0.3) is 0 Å². The molecular formula is C24H26F2N4O3S. The zero-order valence-corrected chi connectivity index (χ0v) is 19.5. The predicted molar refractivity (Wildman–Crippen MR) is 125 cm³/mol. The van der Waals surface area contributed by atoms with Crippen molar-refractivity contribution < 1.29 is 21.9 Å². The normalized spacial score (nSPS) is 15.8. The summed E-state index contributed by atoms with van der Waals surface area (Å²) in [4.78, 5) is 7.89. The van der Waals surface area contributed by atoms with Gasteiger partial charge in [-0.2, -0.15) is 0 Å². The van der Waals surface area contributed by atoms with E-state index in [2.05, 4.69) is 19.5 Å². The highest BCUT2D eigenvalue weighted by molar-refractivity contribution is 7.89. The zero-order valence-electron chi connectivity index (χ0n) is 18.7. The van der Waals surface area contributed by atoms with Gasteiger partial charge in [0.2, 0.25) is 10.0 Å². The zero-order chi connectivity index (χ0) is 24.1. The lowest BCUT2D eigenvalue weighted by Crippen LogP contribution is -2.50. The van der Waals surface area contributed by atoms with Gasteiger partial charge < -0.3 is 9.64 Å². The molecule has 1 saturated heterocycles. The fourth-order valence-electron chi connectivity index (χ4n) is 4.07. The smallest absolute Gasteiger partial charge is 0.243 e. The van der Waals surface area contributed by atoms with Gasteiger partial charge in [0.05, 0.1) is 13.2 Å². The topological polar surface area (TPSA) is 74.8 Å². The lowest BCUT2D eigenvalue weighted by atomic mass is 10.1. The Balaban J connectivity index is 1.48. The van der Waals surface area contributed by atoms with E-state index < -0.39 is 26.6 Å². The fourth-order valence-corrected chi connectivity index (χ4v) is 5.19. The summed E-state index contributed by atoms with van der Waals surface area (Å²) in [6.07, 6.45) is 3.34. The molecule has 0 amide bonds. The summed E-state index contributed by atoms with van der Waals surface area (Å²) in [5, 5.41) is 0. The Bertz CT molecular complexity index is 1200. The Morgan fingerprint density at radius 3 is 2.44 bits per heavy atom. The highest BCUT2D eigenvalue weighted by atomic mass is 32.2. The summed E-state index contributed by atoms with van der Waals surface area (Å²) in [5.74, 6) is -1.03. The van der Waals surface area contributed by atoms with E-state index in [1.807, 2.05) is 30.3 Å². The molecule has 1 fully saturated rings. The van der Waals surface area contributed by atoms with Gasteiger partial charge in [0, 0.05) is 50.8 Å². The molecule has 2 heterocycles. The second-order valence-corrected chi connectivity index (χ2v) is 9.69. The summed E-state index contributed by atoms with van der Waals surface area (Å²) in [7, 11) is -2.62. The molecular weight excluding hydrogens is 462 g/mol. The molecule has 34 heavy (non-hydrogen) atoms. The standard InChI is InChI=1S/C24H26F2N4O3S/c1-33-21-7-5-20(6-8-21)29-11-13-30(14-12-29)23(18-3-2-10-27-16-18)17-28-34(31,32)24-15-19(25)4-9-22(24)26/h2-10,15-16,23,28H,11-14,17H2,1H3/t23-/m1/s1. The van der Waals surface area contributed by atoms with E-state index in [1.165, 1.54) is 0 Å². The minimum Gasteiger partial charge on any atom is -0.497 e. The monoisotopic (exact) mass is 488 g/mol. The van der Waals surface area contributed by atoms with Crippen LogP contribution in [0.5, 0.6) is 5.75 Å². The van der Waals surface area contributed by atoms with Gasteiger partial charge in [-0.1, -0.05) is 6.07 Å². The van der Waals surface area contributed by atoms with Gasteiger partial charge in [0.1, 0.15) is 22.3 Å². The molecule has 0 aliphatic carbocycles. The minimum absolute atomic E-state index is 0.00742. The Morgan fingerprint density at radius 2 is 1.79 bits per heavy atom. The van der Waals surface area contributed by atoms with Gasteiger partial charge in [-0.25, -0.2) is 21.9 Å². The van der Waals surface area contributed by atoms with Crippen LogP contribution in [0.1, 0.15) is 11.6 Å². The molecule has 1 aliphatic heterocycles. The van der Waals surface area contributed by atoms with Crippen molar-refractivity contribution in [2.45, 2.75) is 10.9 Å². The maximum absolute atomic E-state index is 14.1. The number of piperazine rings is 1. The number of sulfonamides is 1. The highest BCUT2D eigenvalue weighted by Crippen LogP contribution is 2.26. The van der Waals surface area contributed by atoms with Crippen molar-refractivity contribution in [1.82, 2.24) is 14.6 Å². The molecule has 180 valence electrons. The van der Waals surface area contributed by atoms with E-state index in [9.17, 15) is 17.2 Å². The molecule has 0 unspecified atom stereocenters. The summed E-state index contributed by atoms with van der Waals surface area (Å²) >= 11 is 0. The van der Waals surface area contributed by atoms with Crippen LogP contribution in [-0.4, -0.2) is 58.1 Å². The Kier molecular flexibility index (Phi) is 7.40. The lowest BCUT2D eigenvalue weighted by Gasteiger charge is -2.40. The molecule has 3 aromatic rings. The van der Waals surface area contributed by atoms with Gasteiger partial charge in [0.15, 0.2) is 0 Å². The molecule has 0 bridgehead atoms. The third-order valence-electron chi connectivity index (χ3n) is 5.91. The van der Waals surface area contributed by atoms with E-state index in [0.717, 1.165) is 42.2 Å². The molecule has 10 heteroatoms. The second kappa shape index (κ2) is 10.5.